The molecule has 0 aromatic heterocycles. The van der Waals surface area contributed by atoms with E-state index in [1.54, 1.807) is 5.32 Å². The number of hydrogen-bond acceptors (Lipinski definition) is 5. The van der Waals surface area contributed by atoms with E-state index in [9.17, 15) is 18.0 Å². The van der Waals surface area contributed by atoms with E-state index in [1.165, 1.54) is 0 Å². The van der Waals surface area contributed by atoms with E-state index in [1.807, 2.05) is 0 Å². The van der Waals surface area contributed by atoms with Crippen LogP contribution in [0, 0.1) is 6.26 Å². The lowest BCUT2D eigenvalue weighted by molar-refractivity contribution is -0.120. The van der Waals surface area contributed by atoms with Gasteiger partial charge >= 0.3 is 6.09 Å². The summed E-state index contributed by atoms with van der Waals surface area (Å²) >= 11 is 0. The number of sulfone groups is 1. The monoisotopic (exact) mass is 178 g/mol. The van der Waals surface area contributed by atoms with E-state index in [0.717, 1.165) is 0 Å². The number of hydrogen-bond donors (Lipinski definition) is 1. The van der Waals surface area contributed by atoms with Crippen molar-refractivity contribution < 1.29 is 22.7 Å². The van der Waals surface area contributed by atoms with Crippen molar-refractivity contribution in [3.8, 4) is 0 Å². The summed E-state index contributed by atoms with van der Waals surface area (Å²) in [6.07, 6.45) is 1.61. The molecule has 1 saturated heterocycles. The maximum atomic E-state index is 10.6. The molecule has 1 rings (SSSR count). The first-order valence-corrected chi connectivity index (χ1v) is 4.21. The molecule has 0 aromatic carbocycles. The van der Waals surface area contributed by atoms with Gasteiger partial charge in [0.05, 0.1) is 6.26 Å². The molecule has 7 heteroatoms. The Bertz CT molecular complexity index is 304. The van der Waals surface area contributed by atoms with Gasteiger partial charge in [0, 0.05) is 0 Å². The molecule has 1 fully saturated rings. The summed E-state index contributed by atoms with van der Waals surface area (Å²) in [5, 5.41) is 1.65. The molecule has 1 heterocycles. The van der Waals surface area contributed by atoms with Crippen LogP contribution in [-0.2, 0) is 19.4 Å². The van der Waals surface area contributed by atoms with Crippen molar-refractivity contribution >= 4 is 21.8 Å². The molecular weight excluding hydrogens is 174 g/mol. The van der Waals surface area contributed by atoms with Crippen molar-refractivity contribution in [1.29, 1.82) is 0 Å². The Hall–Kier alpha value is -1.11. The normalized spacial score (nSPS) is 24.6. The second kappa shape index (κ2) is 2.19. The number of amides is 2. The van der Waals surface area contributed by atoms with Gasteiger partial charge in [-0.05, 0) is 0 Å². The highest BCUT2D eigenvalue weighted by Crippen LogP contribution is 2.08. The quantitative estimate of drug-likeness (QED) is 0.543. The Kier molecular flexibility index (Phi) is 1.59. The van der Waals surface area contributed by atoms with E-state index < -0.39 is 27.3 Å². The van der Waals surface area contributed by atoms with E-state index in [2.05, 4.69) is 11.0 Å². The first-order chi connectivity index (χ1) is 4.91. The fourth-order valence-corrected chi connectivity index (χ4v) is 1.20. The SMILES string of the molecule is [CH2]S(=O)(=O)C1OC(=O)NC1=O. The van der Waals surface area contributed by atoms with E-state index in [4.69, 9.17) is 0 Å². The summed E-state index contributed by atoms with van der Waals surface area (Å²) in [5.41, 5.74) is -1.78. The Labute approximate surface area is 62.4 Å². The highest BCUT2D eigenvalue weighted by molar-refractivity contribution is 7.93. The Morgan fingerprint density at radius 2 is 2.00 bits per heavy atom. The van der Waals surface area contributed by atoms with Crippen LogP contribution in [0.25, 0.3) is 0 Å². The van der Waals surface area contributed by atoms with Gasteiger partial charge in [-0.15, -0.1) is 0 Å². The lowest BCUT2D eigenvalue weighted by atomic mass is 10.7. The zero-order valence-corrected chi connectivity index (χ0v) is 6.05. The third-order valence-electron chi connectivity index (χ3n) is 0.980. The molecule has 1 radical (unpaired) electrons. The lowest BCUT2D eigenvalue weighted by Crippen LogP contribution is -2.29. The number of imide groups is 1. The van der Waals surface area contributed by atoms with Crippen LogP contribution in [0.3, 0.4) is 0 Å². The molecule has 1 unspecified atom stereocenters. The molecule has 0 spiro atoms. The van der Waals surface area contributed by atoms with Gasteiger partial charge in [-0.1, -0.05) is 0 Å². The van der Waals surface area contributed by atoms with Gasteiger partial charge in [0.25, 0.3) is 11.3 Å². The largest absolute Gasteiger partial charge is 0.419 e. The molecule has 0 saturated carbocycles. The number of alkyl carbamates (subject to hydrolysis) is 1. The third-order valence-corrected chi connectivity index (χ3v) is 1.94. The fraction of sp³-hybridized carbons (Fsp3) is 0.250. The Morgan fingerprint density at radius 3 is 2.18 bits per heavy atom. The second-order valence-electron chi connectivity index (χ2n) is 1.89. The molecular formula is C4H4NO5S. The van der Waals surface area contributed by atoms with Crippen molar-refractivity contribution in [3.63, 3.8) is 0 Å². The summed E-state index contributed by atoms with van der Waals surface area (Å²) in [7, 11) is -3.89. The first kappa shape index (κ1) is 7.99. The van der Waals surface area contributed by atoms with Crippen LogP contribution in [-0.4, -0.2) is 25.9 Å². The van der Waals surface area contributed by atoms with E-state index in [0.29, 0.717) is 0 Å². The van der Waals surface area contributed by atoms with Gasteiger partial charge in [-0.25, -0.2) is 13.2 Å². The Balaban J connectivity index is 2.94. The molecule has 1 aliphatic heterocycles. The van der Waals surface area contributed by atoms with Gasteiger partial charge in [0.2, 0.25) is 0 Å². The summed E-state index contributed by atoms with van der Waals surface area (Å²) in [6, 6.07) is 0. The highest BCUT2D eigenvalue weighted by atomic mass is 32.2. The molecule has 11 heavy (non-hydrogen) atoms. The topological polar surface area (TPSA) is 89.5 Å². The van der Waals surface area contributed by atoms with Crippen molar-refractivity contribution in [1.82, 2.24) is 5.32 Å². The fourth-order valence-electron chi connectivity index (χ4n) is 0.576. The van der Waals surface area contributed by atoms with Crippen LogP contribution in [0.4, 0.5) is 4.79 Å². The number of cyclic esters (lactones) is 1. The van der Waals surface area contributed by atoms with Crippen LogP contribution in [0.5, 0.6) is 0 Å². The number of carbonyl (C=O) groups is 2. The van der Waals surface area contributed by atoms with Gasteiger partial charge in [0.15, 0.2) is 9.84 Å². The van der Waals surface area contributed by atoms with E-state index >= 15 is 0 Å². The molecule has 2 amide bonds. The summed E-state index contributed by atoms with van der Waals surface area (Å²) in [4.78, 5) is 20.8. The maximum Gasteiger partial charge on any atom is 0.415 e. The number of rotatable bonds is 1. The molecule has 1 atom stereocenters. The average Bonchev–Trinajstić information content (AvgIpc) is 2.08. The van der Waals surface area contributed by atoms with Gasteiger partial charge in [-0.2, -0.15) is 0 Å². The predicted octanol–water partition coefficient (Wildman–Crippen LogP) is -1.21. The molecule has 0 aliphatic carbocycles. The summed E-state index contributed by atoms with van der Waals surface area (Å²) in [5.74, 6) is -0.995. The lowest BCUT2D eigenvalue weighted by Gasteiger charge is -2.00. The number of ether oxygens (including phenoxy) is 1. The van der Waals surface area contributed by atoms with Crippen LogP contribution >= 0.6 is 0 Å². The summed E-state index contributed by atoms with van der Waals surface area (Å²) < 4.78 is 25.2. The van der Waals surface area contributed by atoms with Crippen molar-refractivity contribution in [2.75, 3.05) is 0 Å². The van der Waals surface area contributed by atoms with Crippen molar-refractivity contribution in [3.05, 3.63) is 6.26 Å². The van der Waals surface area contributed by atoms with Crippen molar-refractivity contribution in [2.45, 2.75) is 5.44 Å². The third kappa shape index (κ3) is 1.48. The zero-order valence-electron chi connectivity index (χ0n) is 5.23. The minimum absolute atomic E-state index is 0.995. The van der Waals surface area contributed by atoms with Crippen LogP contribution in [0.1, 0.15) is 0 Å². The van der Waals surface area contributed by atoms with Gasteiger partial charge in [0.1, 0.15) is 0 Å². The molecule has 61 valence electrons. The molecule has 0 bridgehead atoms. The van der Waals surface area contributed by atoms with Crippen LogP contribution < -0.4 is 5.32 Å². The van der Waals surface area contributed by atoms with Crippen molar-refractivity contribution in [2.24, 2.45) is 0 Å². The number of nitrogens with one attached hydrogen (secondary N) is 1. The summed E-state index contributed by atoms with van der Waals surface area (Å²) in [6.45, 7) is 0. The molecule has 0 aromatic rings. The standard InChI is InChI=1S/C4H4NO5S/c1-11(8,9)3-2(6)5-4(7)10-3/h3H,1H2,(H,5,6,7). The minimum Gasteiger partial charge on any atom is -0.419 e. The second-order valence-corrected chi connectivity index (χ2v) is 3.64. The highest BCUT2D eigenvalue weighted by Gasteiger charge is 2.40. The zero-order chi connectivity index (χ0) is 8.65. The Morgan fingerprint density at radius 1 is 1.45 bits per heavy atom. The molecule has 6 nitrogen and oxygen atoms in total. The predicted molar refractivity (Wildman–Crippen MR) is 32.7 cm³/mol. The van der Waals surface area contributed by atoms with Crippen LogP contribution in [0.15, 0.2) is 0 Å². The first-order valence-electron chi connectivity index (χ1n) is 2.49. The maximum absolute atomic E-state index is 10.6. The van der Waals surface area contributed by atoms with Gasteiger partial charge in [-0.3, -0.25) is 10.1 Å². The molecule has 1 aliphatic rings. The average molecular weight is 178 g/mol. The minimum atomic E-state index is -3.89. The molecule has 1 N–H and O–H groups in total. The van der Waals surface area contributed by atoms with Crippen LogP contribution in [0.2, 0.25) is 0 Å². The van der Waals surface area contributed by atoms with E-state index in [-0.39, 0.29) is 0 Å². The smallest absolute Gasteiger partial charge is 0.415 e. The van der Waals surface area contributed by atoms with Gasteiger partial charge < -0.3 is 4.74 Å². The number of carbonyl (C=O) groups excluding carboxylic acids is 2.